The third-order valence-corrected chi connectivity index (χ3v) is 2.23. The first kappa shape index (κ1) is 13.8. The van der Waals surface area contributed by atoms with E-state index in [9.17, 15) is 0 Å². The zero-order valence-corrected chi connectivity index (χ0v) is 10.1. The lowest BCUT2D eigenvalue weighted by molar-refractivity contribution is 0.305. The summed E-state index contributed by atoms with van der Waals surface area (Å²) in [7, 11) is 0. The summed E-state index contributed by atoms with van der Waals surface area (Å²) >= 11 is 0. The van der Waals surface area contributed by atoms with E-state index in [1.807, 2.05) is 42.5 Å². The zero-order chi connectivity index (χ0) is 13.2. The molecule has 0 unspecified atom stereocenters. The molecule has 2 aromatic carbocycles. The van der Waals surface area contributed by atoms with Gasteiger partial charge in [-0.15, -0.1) is 12.3 Å². The molecule has 0 amide bonds. The lowest BCUT2D eigenvalue weighted by Gasteiger charge is -2.00. The smallest absolute Gasteiger partial charge is 0.115 e. The number of aromatic hydroxyl groups is 1. The Kier molecular flexibility index (Phi) is 6.10. The second-order valence-electron chi connectivity index (χ2n) is 3.59. The van der Waals surface area contributed by atoms with Crippen molar-refractivity contribution in [1.82, 2.24) is 0 Å². The first-order valence-electron chi connectivity index (χ1n) is 5.66. The van der Waals surface area contributed by atoms with Crippen LogP contribution in [0.1, 0.15) is 6.42 Å². The van der Waals surface area contributed by atoms with Gasteiger partial charge in [0.05, 0.1) is 6.61 Å². The molecule has 0 saturated heterocycles. The van der Waals surface area contributed by atoms with Crippen molar-refractivity contribution in [1.29, 1.82) is 0 Å². The van der Waals surface area contributed by atoms with Crippen LogP contribution in [0.2, 0.25) is 0 Å². The predicted molar refractivity (Wildman–Crippen MR) is 74.1 cm³/mol. The number of rotatable bonds is 2. The van der Waals surface area contributed by atoms with Gasteiger partial charge >= 0.3 is 0 Å². The van der Waals surface area contributed by atoms with Crippen molar-refractivity contribution in [2.45, 2.75) is 6.42 Å². The van der Waals surface area contributed by atoms with Crippen molar-refractivity contribution in [3.8, 4) is 29.2 Å². The second-order valence-corrected chi connectivity index (χ2v) is 3.59. The quantitative estimate of drug-likeness (QED) is 0.792. The largest absolute Gasteiger partial charge is 0.508 e. The summed E-state index contributed by atoms with van der Waals surface area (Å²) in [6, 6.07) is 17.3. The van der Waals surface area contributed by atoms with Gasteiger partial charge in [-0.25, -0.2) is 0 Å². The Labute approximate surface area is 108 Å². The molecule has 0 atom stereocenters. The zero-order valence-electron chi connectivity index (χ0n) is 10.1. The molecule has 92 valence electrons. The molecule has 0 aromatic heterocycles. The van der Waals surface area contributed by atoms with Gasteiger partial charge in [0.2, 0.25) is 0 Å². The molecule has 2 heteroatoms. The molecule has 0 aliphatic carbocycles. The van der Waals surface area contributed by atoms with Crippen molar-refractivity contribution in [3.63, 3.8) is 0 Å². The number of aliphatic hydroxyl groups is 1. The van der Waals surface area contributed by atoms with Gasteiger partial charge in [-0.2, -0.15) is 0 Å². The first-order valence-corrected chi connectivity index (χ1v) is 5.66. The summed E-state index contributed by atoms with van der Waals surface area (Å²) in [5.41, 5.74) is 2.29. The molecule has 2 rings (SSSR count). The number of benzene rings is 2. The average molecular weight is 240 g/mol. The van der Waals surface area contributed by atoms with E-state index in [2.05, 4.69) is 5.92 Å². The van der Waals surface area contributed by atoms with Gasteiger partial charge in [-0.3, -0.25) is 0 Å². The van der Waals surface area contributed by atoms with E-state index in [-0.39, 0.29) is 6.61 Å². The van der Waals surface area contributed by atoms with E-state index in [4.69, 9.17) is 16.6 Å². The van der Waals surface area contributed by atoms with Crippen LogP contribution in [0, 0.1) is 12.3 Å². The third-order valence-electron chi connectivity index (χ3n) is 2.23. The molecule has 0 heterocycles. The number of phenols is 1. The minimum absolute atomic E-state index is 0.108. The summed E-state index contributed by atoms with van der Waals surface area (Å²) in [6.45, 7) is 0.108. The van der Waals surface area contributed by atoms with Gasteiger partial charge in [-0.05, 0) is 23.3 Å². The lowest BCUT2D eigenvalue weighted by atomic mass is 10.1. The molecular weight excluding hydrogens is 224 g/mol. The molecule has 0 aliphatic heterocycles. The van der Waals surface area contributed by atoms with Crippen LogP contribution in [0.25, 0.3) is 11.1 Å². The molecule has 2 aromatic rings. The van der Waals surface area contributed by atoms with E-state index in [1.54, 1.807) is 12.1 Å². The van der Waals surface area contributed by atoms with Crippen LogP contribution < -0.4 is 0 Å². The van der Waals surface area contributed by atoms with E-state index in [0.29, 0.717) is 12.2 Å². The first-order chi connectivity index (χ1) is 8.77. The Balaban J connectivity index is 0.000000280. The Hall–Kier alpha value is -2.24. The number of hydrogen-bond acceptors (Lipinski definition) is 2. The fourth-order valence-corrected chi connectivity index (χ4v) is 1.35. The number of phenolic OH excluding ortho intramolecular Hbond substituents is 1. The van der Waals surface area contributed by atoms with Crippen LogP contribution in [0.5, 0.6) is 5.75 Å². The summed E-state index contributed by atoms with van der Waals surface area (Å²) < 4.78 is 0. The van der Waals surface area contributed by atoms with Crippen molar-refractivity contribution in [3.05, 3.63) is 54.6 Å². The third kappa shape index (κ3) is 4.73. The summed E-state index contributed by atoms with van der Waals surface area (Å²) in [5.74, 6) is 2.57. The van der Waals surface area contributed by atoms with E-state index in [0.717, 1.165) is 5.56 Å². The Morgan fingerprint density at radius 2 is 1.44 bits per heavy atom. The van der Waals surface area contributed by atoms with Crippen molar-refractivity contribution in [2.75, 3.05) is 6.61 Å². The number of hydrogen-bond donors (Lipinski definition) is 2. The number of aliphatic hydroxyl groups excluding tert-OH is 1. The number of terminal acetylenes is 1. The standard InChI is InChI=1S/C12H10O.C4H6O/c13-12-8-6-11(7-9-12)10-4-2-1-3-5-10;1-2-3-4-5/h1-9,13H;1,5H,3-4H2. The average Bonchev–Trinajstić information content (AvgIpc) is 2.42. The highest BCUT2D eigenvalue weighted by Gasteiger charge is 1.94. The Bertz CT molecular complexity index is 481. The van der Waals surface area contributed by atoms with Crippen LogP contribution in [0.4, 0.5) is 0 Å². The summed E-state index contributed by atoms with van der Waals surface area (Å²) in [4.78, 5) is 0. The van der Waals surface area contributed by atoms with Crippen molar-refractivity contribution < 1.29 is 10.2 Å². The molecule has 18 heavy (non-hydrogen) atoms. The molecule has 0 radical (unpaired) electrons. The maximum atomic E-state index is 9.10. The molecule has 2 nitrogen and oxygen atoms in total. The maximum Gasteiger partial charge on any atom is 0.115 e. The molecule has 2 N–H and O–H groups in total. The molecule has 0 spiro atoms. The van der Waals surface area contributed by atoms with Crippen LogP contribution >= 0.6 is 0 Å². The molecule has 0 fully saturated rings. The van der Waals surface area contributed by atoms with Crippen LogP contribution in [0.3, 0.4) is 0 Å². The van der Waals surface area contributed by atoms with Crippen molar-refractivity contribution >= 4 is 0 Å². The molecule has 0 aliphatic rings. The second kappa shape index (κ2) is 7.94. The maximum absolute atomic E-state index is 9.10. The van der Waals surface area contributed by atoms with Gasteiger partial charge in [0.1, 0.15) is 5.75 Å². The molecular formula is C16H16O2. The van der Waals surface area contributed by atoms with E-state index >= 15 is 0 Å². The minimum Gasteiger partial charge on any atom is -0.508 e. The minimum atomic E-state index is 0.108. The van der Waals surface area contributed by atoms with Crippen LogP contribution in [-0.2, 0) is 0 Å². The van der Waals surface area contributed by atoms with E-state index in [1.165, 1.54) is 5.56 Å². The summed E-state index contributed by atoms with van der Waals surface area (Å²) in [6.07, 6.45) is 5.20. The van der Waals surface area contributed by atoms with Gasteiger partial charge in [-0.1, -0.05) is 42.5 Å². The summed E-state index contributed by atoms with van der Waals surface area (Å²) in [5, 5.41) is 17.0. The Morgan fingerprint density at radius 3 is 1.89 bits per heavy atom. The van der Waals surface area contributed by atoms with Crippen molar-refractivity contribution in [2.24, 2.45) is 0 Å². The lowest BCUT2D eigenvalue weighted by Crippen LogP contribution is -1.74. The van der Waals surface area contributed by atoms with Crippen LogP contribution in [-0.4, -0.2) is 16.8 Å². The van der Waals surface area contributed by atoms with Gasteiger partial charge in [0.25, 0.3) is 0 Å². The van der Waals surface area contributed by atoms with E-state index < -0.39 is 0 Å². The monoisotopic (exact) mass is 240 g/mol. The van der Waals surface area contributed by atoms with Gasteiger partial charge in [0.15, 0.2) is 0 Å². The van der Waals surface area contributed by atoms with Gasteiger partial charge in [0, 0.05) is 6.42 Å². The SMILES string of the molecule is C#CCCO.Oc1ccc(-c2ccccc2)cc1. The normalized spacial score (nSPS) is 8.89. The molecule has 0 bridgehead atoms. The topological polar surface area (TPSA) is 40.5 Å². The van der Waals surface area contributed by atoms with Gasteiger partial charge < -0.3 is 10.2 Å². The highest BCUT2D eigenvalue weighted by molar-refractivity contribution is 5.63. The highest BCUT2D eigenvalue weighted by atomic mass is 16.3. The Morgan fingerprint density at radius 1 is 0.889 bits per heavy atom. The molecule has 0 saturated carbocycles. The fourth-order valence-electron chi connectivity index (χ4n) is 1.35. The van der Waals surface area contributed by atoms with Crippen LogP contribution in [0.15, 0.2) is 54.6 Å². The fraction of sp³-hybridized carbons (Fsp3) is 0.125. The highest BCUT2D eigenvalue weighted by Crippen LogP contribution is 2.20. The predicted octanol–water partition coefficient (Wildman–Crippen LogP) is 3.06.